The predicted octanol–water partition coefficient (Wildman–Crippen LogP) is 2.56. The van der Waals surface area contributed by atoms with Crippen molar-refractivity contribution in [1.82, 2.24) is 9.36 Å². The Balaban J connectivity index is 1.78. The van der Waals surface area contributed by atoms with E-state index in [4.69, 9.17) is 0 Å². The largest absolute Gasteiger partial charge is 0.360 e. The lowest BCUT2D eigenvalue weighted by atomic mass is 10.2. The third kappa shape index (κ3) is 2.52. The van der Waals surface area contributed by atoms with E-state index in [-0.39, 0.29) is 0 Å². The zero-order chi connectivity index (χ0) is 9.80. The summed E-state index contributed by atoms with van der Waals surface area (Å²) in [4.78, 5) is 4.23. The van der Waals surface area contributed by atoms with E-state index in [0.717, 1.165) is 23.9 Å². The quantitative estimate of drug-likeness (QED) is 0.869. The number of hydrogen-bond acceptors (Lipinski definition) is 5. The molecule has 2 aromatic rings. The lowest BCUT2D eigenvalue weighted by Crippen LogP contribution is -2.03. The van der Waals surface area contributed by atoms with E-state index in [1.165, 1.54) is 17.1 Å². The molecular weight excluding hydrogens is 214 g/mol. The van der Waals surface area contributed by atoms with Gasteiger partial charge in [-0.1, -0.05) is 0 Å². The number of rotatable bonds is 4. The molecule has 0 aliphatic carbocycles. The lowest BCUT2D eigenvalue weighted by molar-refractivity contribution is 1.02. The third-order valence-electron chi connectivity index (χ3n) is 1.80. The number of aryl methyl sites for hydroxylation is 1. The Bertz CT molecular complexity index is 380. The van der Waals surface area contributed by atoms with E-state index < -0.39 is 0 Å². The first kappa shape index (κ1) is 9.61. The first-order valence-corrected chi connectivity index (χ1v) is 6.11. The lowest BCUT2D eigenvalue weighted by Gasteiger charge is -1.99. The van der Waals surface area contributed by atoms with Crippen LogP contribution in [0.4, 0.5) is 5.13 Å². The van der Waals surface area contributed by atoms with Crippen LogP contribution in [0, 0.1) is 6.92 Å². The number of nitrogens with one attached hydrogen (secondary N) is 1. The molecule has 0 aromatic carbocycles. The Labute approximate surface area is 91.0 Å². The van der Waals surface area contributed by atoms with Gasteiger partial charge in [0, 0.05) is 18.1 Å². The minimum Gasteiger partial charge on any atom is -0.360 e. The first-order valence-electron chi connectivity index (χ1n) is 4.40. The van der Waals surface area contributed by atoms with E-state index in [0.29, 0.717) is 0 Å². The molecule has 0 saturated carbocycles. The molecular formula is C9H11N3S2. The van der Waals surface area contributed by atoms with Crippen molar-refractivity contribution in [2.45, 2.75) is 13.3 Å². The zero-order valence-electron chi connectivity index (χ0n) is 7.86. The summed E-state index contributed by atoms with van der Waals surface area (Å²) in [5.41, 5.74) is 1.38. The van der Waals surface area contributed by atoms with Crippen LogP contribution in [-0.2, 0) is 6.42 Å². The van der Waals surface area contributed by atoms with Gasteiger partial charge in [0.05, 0.1) is 0 Å². The van der Waals surface area contributed by atoms with Crippen molar-refractivity contribution in [1.29, 1.82) is 0 Å². The number of anilines is 1. The molecule has 0 spiro atoms. The molecule has 0 unspecified atom stereocenters. The van der Waals surface area contributed by atoms with Crippen LogP contribution in [0.1, 0.15) is 11.4 Å². The highest BCUT2D eigenvalue weighted by atomic mass is 32.1. The Morgan fingerprint density at radius 1 is 1.50 bits per heavy atom. The highest BCUT2D eigenvalue weighted by Crippen LogP contribution is 2.11. The summed E-state index contributed by atoms with van der Waals surface area (Å²) in [5.74, 6) is 0.841. The van der Waals surface area contributed by atoms with Crippen molar-refractivity contribution in [3.8, 4) is 0 Å². The molecule has 0 saturated heterocycles. The molecule has 2 aromatic heterocycles. The van der Waals surface area contributed by atoms with Gasteiger partial charge < -0.3 is 5.32 Å². The first-order chi connectivity index (χ1) is 6.84. The van der Waals surface area contributed by atoms with Crippen LogP contribution in [0.5, 0.6) is 0 Å². The van der Waals surface area contributed by atoms with Crippen molar-refractivity contribution in [2.24, 2.45) is 0 Å². The van der Waals surface area contributed by atoms with Gasteiger partial charge in [-0.15, -0.1) is 0 Å². The molecule has 14 heavy (non-hydrogen) atoms. The summed E-state index contributed by atoms with van der Waals surface area (Å²) in [6.45, 7) is 2.83. The van der Waals surface area contributed by atoms with E-state index in [2.05, 4.69) is 31.5 Å². The van der Waals surface area contributed by atoms with Crippen LogP contribution in [0.15, 0.2) is 16.8 Å². The topological polar surface area (TPSA) is 37.8 Å². The van der Waals surface area contributed by atoms with Gasteiger partial charge in [-0.05, 0) is 35.7 Å². The van der Waals surface area contributed by atoms with Gasteiger partial charge in [0.25, 0.3) is 0 Å². The summed E-state index contributed by atoms with van der Waals surface area (Å²) in [6, 6.07) is 2.15. The average molecular weight is 225 g/mol. The van der Waals surface area contributed by atoms with Gasteiger partial charge in [-0.25, -0.2) is 4.98 Å². The van der Waals surface area contributed by atoms with Crippen LogP contribution >= 0.6 is 22.9 Å². The average Bonchev–Trinajstić information content (AvgIpc) is 2.77. The van der Waals surface area contributed by atoms with Gasteiger partial charge in [0.2, 0.25) is 5.13 Å². The summed E-state index contributed by atoms with van der Waals surface area (Å²) in [7, 11) is 0. The molecule has 3 nitrogen and oxygen atoms in total. The van der Waals surface area contributed by atoms with Gasteiger partial charge >= 0.3 is 0 Å². The number of hydrogen-bond donors (Lipinski definition) is 1. The molecule has 0 bridgehead atoms. The molecule has 0 fully saturated rings. The highest BCUT2D eigenvalue weighted by molar-refractivity contribution is 7.09. The van der Waals surface area contributed by atoms with Crippen molar-refractivity contribution >= 4 is 28.0 Å². The maximum Gasteiger partial charge on any atom is 0.202 e. The molecule has 0 atom stereocenters. The summed E-state index contributed by atoms with van der Waals surface area (Å²) in [5, 5.41) is 8.44. The van der Waals surface area contributed by atoms with Crippen molar-refractivity contribution in [2.75, 3.05) is 11.9 Å². The molecule has 5 heteroatoms. The van der Waals surface area contributed by atoms with E-state index >= 15 is 0 Å². The second-order valence-electron chi connectivity index (χ2n) is 2.96. The van der Waals surface area contributed by atoms with Crippen LogP contribution < -0.4 is 5.32 Å². The van der Waals surface area contributed by atoms with Crippen molar-refractivity contribution < 1.29 is 0 Å². The van der Waals surface area contributed by atoms with Crippen molar-refractivity contribution in [3.63, 3.8) is 0 Å². The Hall–Kier alpha value is -0.940. The summed E-state index contributed by atoms with van der Waals surface area (Å²) in [6.07, 6.45) is 1.04. The zero-order valence-corrected chi connectivity index (χ0v) is 9.49. The molecule has 2 heterocycles. The van der Waals surface area contributed by atoms with Crippen molar-refractivity contribution in [3.05, 3.63) is 28.2 Å². The fourth-order valence-electron chi connectivity index (χ4n) is 1.12. The second kappa shape index (κ2) is 4.52. The van der Waals surface area contributed by atoms with Gasteiger partial charge in [0.1, 0.15) is 5.82 Å². The van der Waals surface area contributed by atoms with Crippen LogP contribution in [0.25, 0.3) is 0 Å². The number of aromatic nitrogens is 2. The number of nitrogens with zero attached hydrogens (tertiary/aromatic N) is 2. The molecule has 74 valence electrons. The SMILES string of the molecule is Cc1nsc(NCCc2ccsc2)n1. The van der Waals surface area contributed by atoms with E-state index in [9.17, 15) is 0 Å². The number of thiophene rings is 1. The minimum atomic E-state index is 0.841. The summed E-state index contributed by atoms with van der Waals surface area (Å²) < 4.78 is 4.10. The summed E-state index contributed by atoms with van der Waals surface area (Å²) >= 11 is 3.15. The maximum atomic E-state index is 4.23. The Morgan fingerprint density at radius 2 is 2.43 bits per heavy atom. The minimum absolute atomic E-state index is 0.841. The Kier molecular flexibility index (Phi) is 3.10. The molecule has 1 N–H and O–H groups in total. The predicted molar refractivity (Wildman–Crippen MR) is 61.2 cm³/mol. The van der Waals surface area contributed by atoms with Crippen LogP contribution in [-0.4, -0.2) is 15.9 Å². The molecule has 0 aliphatic heterocycles. The van der Waals surface area contributed by atoms with Gasteiger partial charge in [0.15, 0.2) is 0 Å². The third-order valence-corrected chi connectivity index (χ3v) is 3.29. The second-order valence-corrected chi connectivity index (χ2v) is 4.49. The molecule has 0 radical (unpaired) electrons. The molecule has 2 rings (SSSR count). The molecule has 0 aliphatic rings. The fraction of sp³-hybridized carbons (Fsp3) is 0.333. The maximum absolute atomic E-state index is 4.23. The normalized spacial score (nSPS) is 10.4. The van der Waals surface area contributed by atoms with Gasteiger partial charge in [-0.2, -0.15) is 15.7 Å². The van der Waals surface area contributed by atoms with Crippen LogP contribution in [0.2, 0.25) is 0 Å². The fourth-order valence-corrected chi connectivity index (χ4v) is 2.42. The monoisotopic (exact) mass is 225 g/mol. The Morgan fingerprint density at radius 3 is 3.07 bits per heavy atom. The van der Waals surface area contributed by atoms with Gasteiger partial charge in [-0.3, -0.25) is 0 Å². The van der Waals surface area contributed by atoms with Crippen LogP contribution in [0.3, 0.4) is 0 Å². The highest BCUT2D eigenvalue weighted by Gasteiger charge is 1.98. The molecule has 0 amide bonds. The van der Waals surface area contributed by atoms with E-state index in [1.54, 1.807) is 11.3 Å². The standard InChI is InChI=1S/C9H11N3S2/c1-7-11-9(14-12-7)10-4-2-8-3-5-13-6-8/h3,5-6H,2,4H2,1H3,(H,10,11,12). The smallest absolute Gasteiger partial charge is 0.202 e. The van der Waals surface area contributed by atoms with E-state index in [1.807, 2.05) is 6.92 Å².